The SMILES string of the molecule is CN(C)c1ccc(CCN2CC[C@@H](N3c4cc(Cl)ccc4COc4ccccc43)C2)cc1. The predicted octanol–water partition coefficient (Wildman–Crippen LogP) is 5.75. The summed E-state index contributed by atoms with van der Waals surface area (Å²) in [4.78, 5) is 7.19. The topological polar surface area (TPSA) is 19.0 Å². The maximum absolute atomic E-state index is 6.42. The highest BCUT2D eigenvalue weighted by Crippen LogP contribution is 2.43. The maximum Gasteiger partial charge on any atom is 0.143 e. The number of para-hydroxylation sites is 2. The van der Waals surface area contributed by atoms with Crippen molar-refractivity contribution >= 4 is 28.7 Å². The van der Waals surface area contributed by atoms with E-state index in [1.54, 1.807) is 0 Å². The molecule has 1 fully saturated rings. The van der Waals surface area contributed by atoms with Gasteiger partial charge in [-0.25, -0.2) is 0 Å². The van der Waals surface area contributed by atoms with Crippen molar-refractivity contribution < 1.29 is 4.74 Å². The second-order valence-electron chi connectivity index (χ2n) is 8.95. The highest BCUT2D eigenvalue weighted by molar-refractivity contribution is 6.30. The zero-order chi connectivity index (χ0) is 22.1. The van der Waals surface area contributed by atoms with Crippen LogP contribution in [0.15, 0.2) is 66.7 Å². The van der Waals surface area contributed by atoms with Crippen molar-refractivity contribution in [3.8, 4) is 5.75 Å². The van der Waals surface area contributed by atoms with Gasteiger partial charge in [0.2, 0.25) is 0 Å². The van der Waals surface area contributed by atoms with E-state index in [0.29, 0.717) is 12.6 Å². The molecule has 1 saturated heterocycles. The molecule has 5 rings (SSSR count). The van der Waals surface area contributed by atoms with Gasteiger partial charge in [0.25, 0.3) is 0 Å². The number of ether oxygens (including phenoxy) is 1. The Hall–Kier alpha value is -2.69. The fourth-order valence-corrected chi connectivity index (χ4v) is 4.98. The summed E-state index contributed by atoms with van der Waals surface area (Å²) in [6, 6.07) is 23.8. The Labute approximate surface area is 196 Å². The van der Waals surface area contributed by atoms with Crippen LogP contribution in [0.2, 0.25) is 5.02 Å². The largest absolute Gasteiger partial charge is 0.487 e. The molecule has 1 atom stereocenters. The van der Waals surface area contributed by atoms with Crippen molar-refractivity contribution in [2.45, 2.75) is 25.5 Å². The van der Waals surface area contributed by atoms with E-state index in [2.05, 4.69) is 83.4 Å². The molecule has 0 aliphatic carbocycles. The van der Waals surface area contributed by atoms with E-state index in [9.17, 15) is 0 Å². The number of rotatable bonds is 5. The molecule has 3 aromatic carbocycles. The fourth-order valence-electron chi connectivity index (χ4n) is 4.81. The van der Waals surface area contributed by atoms with Crippen molar-refractivity contribution in [1.29, 1.82) is 0 Å². The quantitative estimate of drug-likeness (QED) is 0.495. The zero-order valence-electron chi connectivity index (χ0n) is 18.8. The second kappa shape index (κ2) is 9.05. The summed E-state index contributed by atoms with van der Waals surface area (Å²) in [5.74, 6) is 0.944. The van der Waals surface area contributed by atoms with Crippen LogP contribution in [0.1, 0.15) is 17.5 Å². The van der Waals surface area contributed by atoms with Gasteiger partial charge in [-0.15, -0.1) is 0 Å². The summed E-state index contributed by atoms with van der Waals surface area (Å²) in [5, 5.41) is 0.768. The van der Waals surface area contributed by atoms with Crippen molar-refractivity contribution in [2.24, 2.45) is 0 Å². The van der Waals surface area contributed by atoms with Gasteiger partial charge in [0, 0.05) is 61.7 Å². The molecular weight excluding hydrogens is 418 g/mol. The molecule has 0 N–H and O–H groups in total. The number of likely N-dealkylation sites (tertiary alicyclic amines) is 1. The Morgan fingerprint density at radius 3 is 2.62 bits per heavy atom. The molecule has 0 unspecified atom stereocenters. The summed E-state index contributed by atoms with van der Waals surface area (Å²) in [7, 11) is 4.16. The Balaban J connectivity index is 1.34. The van der Waals surface area contributed by atoms with E-state index < -0.39 is 0 Å². The Bertz CT molecular complexity index is 1080. The normalized spacial score (nSPS) is 18.0. The average Bonchev–Trinajstić information content (AvgIpc) is 3.20. The first-order valence-electron chi connectivity index (χ1n) is 11.4. The lowest BCUT2D eigenvalue weighted by molar-refractivity contribution is 0.310. The third kappa shape index (κ3) is 4.30. The van der Waals surface area contributed by atoms with Gasteiger partial charge in [0.05, 0.1) is 5.69 Å². The van der Waals surface area contributed by atoms with Crippen molar-refractivity contribution in [2.75, 3.05) is 43.5 Å². The summed E-state index contributed by atoms with van der Waals surface area (Å²) in [6.45, 7) is 3.79. The van der Waals surface area contributed by atoms with Crippen LogP contribution < -0.4 is 14.5 Å². The summed E-state index contributed by atoms with van der Waals surface area (Å²) >= 11 is 6.42. The third-order valence-corrected chi connectivity index (χ3v) is 6.83. The maximum atomic E-state index is 6.42. The number of halogens is 1. The van der Waals surface area contributed by atoms with Gasteiger partial charge in [0.15, 0.2) is 0 Å². The minimum absolute atomic E-state index is 0.395. The van der Waals surface area contributed by atoms with Crippen molar-refractivity contribution in [3.05, 3.63) is 82.9 Å². The molecule has 0 spiro atoms. The van der Waals surface area contributed by atoms with Crippen LogP contribution in [0.4, 0.5) is 17.1 Å². The van der Waals surface area contributed by atoms with Gasteiger partial charge in [-0.2, -0.15) is 0 Å². The lowest BCUT2D eigenvalue weighted by Crippen LogP contribution is -2.35. The van der Waals surface area contributed by atoms with Gasteiger partial charge in [0.1, 0.15) is 12.4 Å². The molecule has 4 nitrogen and oxygen atoms in total. The summed E-state index contributed by atoms with van der Waals surface area (Å²) < 4.78 is 6.16. The van der Waals surface area contributed by atoms with Crippen molar-refractivity contribution in [3.63, 3.8) is 0 Å². The standard InChI is InChI=1S/C27H30ClN3O/c1-29(2)23-11-7-20(8-12-23)13-15-30-16-14-24(18-30)31-25-5-3-4-6-27(25)32-19-21-9-10-22(28)17-26(21)31/h3-12,17,24H,13-16,18-19H2,1-2H3/t24-/m1/s1. The fraction of sp³-hybridized carbons (Fsp3) is 0.333. The average molecular weight is 448 g/mol. The number of nitrogens with zero attached hydrogens (tertiary/aromatic N) is 3. The molecule has 2 aliphatic rings. The minimum atomic E-state index is 0.395. The summed E-state index contributed by atoms with van der Waals surface area (Å²) in [5.41, 5.74) is 6.14. The molecule has 0 radical (unpaired) electrons. The Morgan fingerprint density at radius 2 is 1.81 bits per heavy atom. The van der Waals surface area contributed by atoms with Gasteiger partial charge in [-0.1, -0.05) is 41.9 Å². The molecule has 32 heavy (non-hydrogen) atoms. The first-order chi connectivity index (χ1) is 15.6. The smallest absolute Gasteiger partial charge is 0.143 e. The molecular formula is C27H30ClN3O. The molecule has 3 aromatic rings. The second-order valence-corrected chi connectivity index (χ2v) is 9.39. The van der Waals surface area contributed by atoms with Crippen LogP contribution in [0.5, 0.6) is 5.75 Å². The molecule has 0 saturated carbocycles. The lowest BCUT2D eigenvalue weighted by atomic mass is 10.1. The summed E-state index contributed by atoms with van der Waals surface area (Å²) in [6.07, 6.45) is 2.20. The van der Waals surface area contributed by atoms with Crippen molar-refractivity contribution in [1.82, 2.24) is 4.90 Å². The Morgan fingerprint density at radius 1 is 1.00 bits per heavy atom. The molecule has 0 aromatic heterocycles. The molecule has 2 heterocycles. The monoisotopic (exact) mass is 447 g/mol. The van der Waals surface area contributed by atoms with Gasteiger partial charge >= 0.3 is 0 Å². The van der Waals surface area contributed by atoms with Crippen LogP contribution >= 0.6 is 11.6 Å². The molecule has 166 valence electrons. The number of hydrogen-bond acceptors (Lipinski definition) is 4. The van der Waals surface area contributed by atoms with E-state index in [1.165, 1.54) is 22.5 Å². The van der Waals surface area contributed by atoms with Crippen LogP contribution in [0.3, 0.4) is 0 Å². The van der Waals surface area contributed by atoms with E-state index in [0.717, 1.165) is 48.9 Å². The highest BCUT2D eigenvalue weighted by Gasteiger charge is 2.32. The molecule has 5 heteroatoms. The van der Waals surface area contributed by atoms with Gasteiger partial charge in [-0.05, 0) is 54.8 Å². The molecule has 0 bridgehead atoms. The van der Waals surface area contributed by atoms with Crippen LogP contribution in [0, 0.1) is 0 Å². The molecule has 2 aliphatic heterocycles. The zero-order valence-corrected chi connectivity index (χ0v) is 19.6. The predicted molar refractivity (Wildman–Crippen MR) is 134 cm³/mol. The Kier molecular flexibility index (Phi) is 5.99. The lowest BCUT2D eigenvalue weighted by Gasteiger charge is -2.32. The molecule has 0 amide bonds. The van der Waals surface area contributed by atoms with Crippen LogP contribution in [-0.2, 0) is 13.0 Å². The van der Waals surface area contributed by atoms with E-state index in [4.69, 9.17) is 16.3 Å². The number of benzene rings is 3. The highest BCUT2D eigenvalue weighted by atomic mass is 35.5. The first kappa shape index (κ1) is 21.2. The van der Waals surface area contributed by atoms with E-state index in [-0.39, 0.29) is 0 Å². The number of anilines is 3. The van der Waals surface area contributed by atoms with E-state index >= 15 is 0 Å². The van der Waals surface area contributed by atoms with Crippen LogP contribution in [-0.4, -0.2) is 44.7 Å². The van der Waals surface area contributed by atoms with Gasteiger partial charge in [-0.3, -0.25) is 0 Å². The van der Waals surface area contributed by atoms with Crippen LogP contribution in [0.25, 0.3) is 0 Å². The minimum Gasteiger partial charge on any atom is -0.487 e. The number of fused-ring (bicyclic) bond motifs is 2. The van der Waals surface area contributed by atoms with E-state index in [1.807, 2.05) is 12.1 Å². The van der Waals surface area contributed by atoms with Gasteiger partial charge < -0.3 is 19.4 Å². The first-order valence-corrected chi connectivity index (χ1v) is 11.7. The number of hydrogen-bond donors (Lipinski definition) is 0. The third-order valence-electron chi connectivity index (χ3n) is 6.60.